The maximum absolute atomic E-state index is 10.7. The minimum atomic E-state index is -1.56. The molecule has 0 saturated carbocycles. The van der Waals surface area contributed by atoms with Gasteiger partial charge in [0, 0.05) is 24.8 Å². The summed E-state index contributed by atoms with van der Waals surface area (Å²) in [4.78, 5) is 10.7. The molecule has 0 aliphatic rings. The van der Waals surface area contributed by atoms with E-state index in [1.165, 1.54) is 6.92 Å². The van der Waals surface area contributed by atoms with Gasteiger partial charge >= 0.3 is 0 Å². The fourth-order valence-electron chi connectivity index (χ4n) is 1.40. The second-order valence-electron chi connectivity index (χ2n) is 3.71. The third kappa shape index (κ3) is 3.52. The monoisotopic (exact) mass is 274 g/mol. The summed E-state index contributed by atoms with van der Waals surface area (Å²) in [6, 6.07) is 1.87. The summed E-state index contributed by atoms with van der Waals surface area (Å²) in [6.45, 7) is 1.32. The van der Waals surface area contributed by atoms with Gasteiger partial charge in [0.2, 0.25) is 0 Å². The van der Waals surface area contributed by atoms with Crippen molar-refractivity contribution in [3.05, 3.63) is 17.7 Å². The fraction of sp³-hybridized carbons (Fsp3) is 0.364. The predicted octanol–water partition coefficient (Wildman–Crippen LogP) is 0.477. The molecule has 0 saturated heterocycles. The zero-order valence-corrected chi connectivity index (χ0v) is 10.4. The van der Waals surface area contributed by atoms with Gasteiger partial charge in [0.25, 0.3) is 0 Å². The van der Waals surface area contributed by atoms with Crippen molar-refractivity contribution in [2.24, 2.45) is 0 Å². The lowest BCUT2D eigenvalue weighted by atomic mass is 10.0. The van der Waals surface area contributed by atoms with Crippen molar-refractivity contribution in [1.29, 1.82) is 0 Å². The molecule has 0 aliphatic carbocycles. The van der Waals surface area contributed by atoms with Gasteiger partial charge in [0.05, 0.1) is 11.7 Å². The molecular formula is C11H14O6S. The Labute approximate surface area is 108 Å². The van der Waals surface area contributed by atoms with Crippen LogP contribution in [0.2, 0.25) is 0 Å². The van der Waals surface area contributed by atoms with Gasteiger partial charge in [-0.3, -0.25) is 4.79 Å². The van der Waals surface area contributed by atoms with Crippen LogP contribution in [-0.4, -0.2) is 42.5 Å². The second-order valence-corrected chi connectivity index (χ2v) is 4.91. The minimum absolute atomic E-state index is 0.0732. The predicted molar refractivity (Wildman–Crippen MR) is 65.5 cm³/mol. The zero-order chi connectivity index (χ0) is 13.9. The average molecular weight is 274 g/mol. The van der Waals surface area contributed by atoms with E-state index in [9.17, 15) is 25.2 Å². The van der Waals surface area contributed by atoms with E-state index < -0.39 is 23.7 Å². The Morgan fingerprint density at radius 2 is 1.72 bits per heavy atom. The van der Waals surface area contributed by atoms with Crippen LogP contribution in [0.25, 0.3) is 0 Å². The Morgan fingerprint density at radius 3 is 2.17 bits per heavy atom. The van der Waals surface area contributed by atoms with Crippen molar-refractivity contribution in [3.8, 4) is 17.2 Å². The van der Waals surface area contributed by atoms with Crippen molar-refractivity contribution < 1.29 is 30.3 Å². The van der Waals surface area contributed by atoms with E-state index in [0.29, 0.717) is 0 Å². The van der Waals surface area contributed by atoms with Crippen molar-refractivity contribution in [1.82, 2.24) is 0 Å². The molecule has 1 rings (SSSR count). The normalized spacial score (nSPS) is 14.2. The summed E-state index contributed by atoms with van der Waals surface area (Å²) in [5, 5.41) is 47.3. The van der Waals surface area contributed by atoms with Crippen LogP contribution in [0.5, 0.6) is 17.2 Å². The topological polar surface area (TPSA) is 118 Å². The first-order chi connectivity index (χ1) is 8.32. The number of benzene rings is 1. The quantitative estimate of drug-likeness (QED) is 0.542. The van der Waals surface area contributed by atoms with Crippen LogP contribution in [-0.2, 0) is 4.79 Å². The van der Waals surface area contributed by atoms with Crippen LogP contribution in [0.1, 0.15) is 18.6 Å². The number of aliphatic hydroxyl groups is 2. The number of rotatable bonds is 4. The number of phenolic OH excluding ortho intramolecular Hbond substituents is 3. The number of hydrogen-bond donors (Lipinski definition) is 5. The van der Waals surface area contributed by atoms with Gasteiger partial charge in [-0.25, -0.2) is 0 Å². The Hall–Kier alpha value is -1.44. The van der Waals surface area contributed by atoms with Crippen LogP contribution >= 0.6 is 11.8 Å². The fourth-order valence-corrected chi connectivity index (χ4v) is 1.99. The van der Waals surface area contributed by atoms with Gasteiger partial charge in [-0.15, -0.1) is 0 Å². The highest BCUT2D eigenvalue weighted by Gasteiger charge is 2.25. The van der Waals surface area contributed by atoms with E-state index in [1.54, 1.807) is 0 Å². The SMILES string of the molecule is CC(=O)SCC(O)C(O)c1c(O)cc(O)cc1O. The van der Waals surface area contributed by atoms with Gasteiger partial charge in [0.1, 0.15) is 23.4 Å². The third-order valence-electron chi connectivity index (χ3n) is 2.24. The molecule has 2 unspecified atom stereocenters. The average Bonchev–Trinajstić information content (AvgIpc) is 2.24. The van der Waals surface area contributed by atoms with Crippen molar-refractivity contribution in [2.75, 3.05) is 5.75 Å². The molecule has 0 aromatic heterocycles. The highest BCUT2D eigenvalue weighted by molar-refractivity contribution is 8.13. The molecule has 0 amide bonds. The number of aromatic hydroxyl groups is 3. The number of aliphatic hydroxyl groups excluding tert-OH is 2. The number of thioether (sulfide) groups is 1. The van der Waals surface area contributed by atoms with Crippen LogP contribution < -0.4 is 0 Å². The first-order valence-corrected chi connectivity index (χ1v) is 6.05. The lowest BCUT2D eigenvalue weighted by molar-refractivity contribution is -0.109. The molecule has 0 radical (unpaired) electrons. The van der Waals surface area contributed by atoms with E-state index >= 15 is 0 Å². The maximum atomic E-state index is 10.7. The van der Waals surface area contributed by atoms with E-state index in [4.69, 9.17) is 5.11 Å². The number of carbonyl (C=O) groups excluding carboxylic acids is 1. The zero-order valence-electron chi connectivity index (χ0n) is 9.57. The first kappa shape index (κ1) is 14.6. The third-order valence-corrected chi connectivity index (χ3v) is 3.15. The highest BCUT2D eigenvalue weighted by Crippen LogP contribution is 2.38. The first-order valence-electron chi connectivity index (χ1n) is 5.07. The molecule has 100 valence electrons. The highest BCUT2D eigenvalue weighted by atomic mass is 32.2. The molecule has 7 heteroatoms. The summed E-state index contributed by atoms with van der Waals surface area (Å²) in [5.41, 5.74) is -0.288. The van der Waals surface area contributed by atoms with E-state index in [0.717, 1.165) is 23.9 Å². The smallest absolute Gasteiger partial charge is 0.185 e. The molecule has 6 nitrogen and oxygen atoms in total. The molecule has 0 spiro atoms. The van der Waals surface area contributed by atoms with Crippen molar-refractivity contribution in [2.45, 2.75) is 19.1 Å². The molecule has 1 aromatic rings. The van der Waals surface area contributed by atoms with E-state index in [-0.39, 0.29) is 22.2 Å². The van der Waals surface area contributed by atoms with Crippen LogP contribution in [0, 0.1) is 0 Å². The molecule has 0 aliphatic heterocycles. The molecular weight excluding hydrogens is 260 g/mol. The van der Waals surface area contributed by atoms with Crippen molar-refractivity contribution >= 4 is 16.9 Å². The number of hydrogen-bond acceptors (Lipinski definition) is 7. The number of carbonyl (C=O) groups is 1. The molecule has 5 N–H and O–H groups in total. The standard InChI is InChI=1S/C11H14O6S/c1-5(12)18-4-9(16)11(17)10-7(14)2-6(13)3-8(10)15/h2-3,9,11,13-17H,4H2,1H3. The Bertz CT molecular complexity index is 424. The van der Waals surface area contributed by atoms with Gasteiger partial charge in [-0.1, -0.05) is 11.8 Å². The minimum Gasteiger partial charge on any atom is -0.508 e. The Kier molecular flexibility index (Phi) is 4.83. The second kappa shape index (κ2) is 5.94. The molecule has 0 heterocycles. The largest absolute Gasteiger partial charge is 0.508 e. The Morgan fingerprint density at radius 1 is 1.22 bits per heavy atom. The summed E-state index contributed by atoms with van der Waals surface area (Å²) in [6.07, 6.45) is -2.89. The Balaban J connectivity index is 2.89. The maximum Gasteiger partial charge on any atom is 0.185 e. The molecule has 0 bridgehead atoms. The lowest BCUT2D eigenvalue weighted by Crippen LogP contribution is -2.21. The van der Waals surface area contributed by atoms with E-state index in [1.807, 2.05) is 0 Å². The molecule has 0 fully saturated rings. The van der Waals surface area contributed by atoms with Crippen LogP contribution in [0.4, 0.5) is 0 Å². The van der Waals surface area contributed by atoms with Gasteiger partial charge in [0.15, 0.2) is 5.12 Å². The molecule has 1 aromatic carbocycles. The summed E-state index contributed by atoms with van der Waals surface area (Å²) in [5.74, 6) is -1.51. The van der Waals surface area contributed by atoms with Gasteiger partial charge in [-0.2, -0.15) is 0 Å². The lowest BCUT2D eigenvalue weighted by Gasteiger charge is -2.19. The summed E-state index contributed by atoms with van der Waals surface area (Å²) >= 11 is 0.816. The van der Waals surface area contributed by atoms with Crippen LogP contribution in [0.15, 0.2) is 12.1 Å². The summed E-state index contributed by atoms with van der Waals surface area (Å²) in [7, 11) is 0. The van der Waals surface area contributed by atoms with Crippen molar-refractivity contribution in [3.63, 3.8) is 0 Å². The summed E-state index contributed by atoms with van der Waals surface area (Å²) < 4.78 is 0. The van der Waals surface area contributed by atoms with E-state index in [2.05, 4.69) is 0 Å². The van der Waals surface area contributed by atoms with Gasteiger partial charge < -0.3 is 25.5 Å². The van der Waals surface area contributed by atoms with Gasteiger partial charge in [-0.05, 0) is 0 Å². The van der Waals surface area contributed by atoms with Crippen LogP contribution in [0.3, 0.4) is 0 Å². The molecule has 2 atom stereocenters. The molecule has 18 heavy (non-hydrogen) atoms. The number of phenols is 3.